The highest BCUT2D eigenvalue weighted by molar-refractivity contribution is 6.05. The molecule has 25 heavy (non-hydrogen) atoms. The lowest BCUT2D eigenvalue weighted by Crippen LogP contribution is -2.63. The summed E-state index contributed by atoms with van der Waals surface area (Å²) < 4.78 is 16.1. The van der Waals surface area contributed by atoms with Gasteiger partial charge in [0.1, 0.15) is 11.8 Å². The number of methoxy groups -OCH3 is 2. The maximum Gasteiger partial charge on any atom is 0.247 e. The molecule has 1 aliphatic rings. The summed E-state index contributed by atoms with van der Waals surface area (Å²) in [5.74, 6) is 1.91. The van der Waals surface area contributed by atoms with Crippen LogP contribution in [-0.4, -0.2) is 32.8 Å². The molecule has 0 saturated carbocycles. The Kier molecular flexibility index (Phi) is 4.81. The normalized spacial score (nSPS) is 19.4. The van der Waals surface area contributed by atoms with Crippen molar-refractivity contribution in [1.82, 2.24) is 0 Å². The fourth-order valence-electron chi connectivity index (χ4n) is 3.06. The lowest BCUT2D eigenvalue weighted by atomic mass is 9.88. The summed E-state index contributed by atoms with van der Waals surface area (Å²) in [5.41, 5.74) is 7.77. The van der Waals surface area contributed by atoms with E-state index in [1.165, 1.54) is 0 Å². The minimum Gasteiger partial charge on any atom is -0.494 e. The van der Waals surface area contributed by atoms with Crippen molar-refractivity contribution in [3.63, 3.8) is 0 Å². The molecule has 1 fully saturated rings. The fourth-order valence-corrected chi connectivity index (χ4v) is 3.06. The molecule has 1 amide bonds. The predicted molar refractivity (Wildman–Crippen MR) is 95.4 cm³/mol. The molecule has 2 atom stereocenters. The summed E-state index contributed by atoms with van der Waals surface area (Å²) in [7, 11) is 3.17. The number of nitrogens with two attached hydrogens (primary N) is 1. The van der Waals surface area contributed by atoms with Crippen LogP contribution >= 0.6 is 0 Å². The zero-order valence-electron chi connectivity index (χ0n) is 14.6. The van der Waals surface area contributed by atoms with E-state index in [0.717, 1.165) is 17.0 Å². The molecule has 2 aromatic rings. The van der Waals surface area contributed by atoms with Gasteiger partial charge in [-0.05, 0) is 48.9 Å². The van der Waals surface area contributed by atoms with Gasteiger partial charge in [-0.25, -0.2) is 0 Å². The van der Waals surface area contributed by atoms with Crippen LogP contribution in [0.4, 0.5) is 5.69 Å². The van der Waals surface area contributed by atoms with Gasteiger partial charge in [0.05, 0.1) is 26.9 Å². The number of carbonyl (C=O) groups excluding carboxylic acids is 1. The summed E-state index contributed by atoms with van der Waals surface area (Å²) in [6.07, 6.45) is 0. The molecule has 0 radical (unpaired) electrons. The van der Waals surface area contributed by atoms with Crippen molar-refractivity contribution in [1.29, 1.82) is 0 Å². The smallest absolute Gasteiger partial charge is 0.247 e. The Hall–Kier alpha value is -2.73. The van der Waals surface area contributed by atoms with Gasteiger partial charge in [-0.1, -0.05) is 6.07 Å². The van der Waals surface area contributed by atoms with Gasteiger partial charge in [-0.15, -0.1) is 0 Å². The lowest BCUT2D eigenvalue weighted by Gasteiger charge is -2.45. The minimum atomic E-state index is -0.579. The highest BCUT2D eigenvalue weighted by Gasteiger charge is 2.46. The van der Waals surface area contributed by atoms with Crippen molar-refractivity contribution in [2.45, 2.75) is 19.0 Å². The Morgan fingerprint density at radius 2 is 1.72 bits per heavy atom. The first kappa shape index (κ1) is 17.1. The summed E-state index contributed by atoms with van der Waals surface area (Å²) in [6, 6.07) is 12.2. The van der Waals surface area contributed by atoms with Gasteiger partial charge in [0.2, 0.25) is 5.91 Å². The van der Waals surface area contributed by atoms with Gasteiger partial charge in [-0.3, -0.25) is 4.79 Å². The maximum absolute atomic E-state index is 12.3. The number of anilines is 1. The molecular formula is C19H22N2O4. The molecule has 6 nitrogen and oxygen atoms in total. The second-order valence-electron chi connectivity index (χ2n) is 5.72. The quantitative estimate of drug-likeness (QED) is 0.817. The summed E-state index contributed by atoms with van der Waals surface area (Å²) in [6.45, 7) is 2.53. The Morgan fingerprint density at radius 1 is 1.04 bits per heavy atom. The number of hydrogen-bond donors (Lipinski definition) is 1. The van der Waals surface area contributed by atoms with Crippen molar-refractivity contribution < 1.29 is 19.0 Å². The Bertz CT molecular complexity index is 761. The largest absolute Gasteiger partial charge is 0.494 e. The topological polar surface area (TPSA) is 74.0 Å². The van der Waals surface area contributed by atoms with Gasteiger partial charge in [0.15, 0.2) is 11.5 Å². The second-order valence-corrected chi connectivity index (χ2v) is 5.72. The fraction of sp³-hybridized carbons (Fsp3) is 0.316. The van der Waals surface area contributed by atoms with Crippen molar-refractivity contribution in [2.75, 3.05) is 25.7 Å². The van der Waals surface area contributed by atoms with E-state index in [2.05, 4.69) is 0 Å². The third-order valence-corrected chi connectivity index (χ3v) is 4.32. The lowest BCUT2D eigenvalue weighted by molar-refractivity contribution is -0.126. The van der Waals surface area contributed by atoms with Crippen LogP contribution in [0.5, 0.6) is 17.2 Å². The van der Waals surface area contributed by atoms with E-state index in [4.69, 9.17) is 19.9 Å². The molecule has 1 aliphatic heterocycles. The zero-order valence-corrected chi connectivity index (χ0v) is 14.6. The van der Waals surface area contributed by atoms with E-state index < -0.39 is 6.04 Å². The average Bonchev–Trinajstić information content (AvgIpc) is 2.66. The van der Waals surface area contributed by atoms with E-state index in [0.29, 0.717) is 18.1 Å². The Morgan fingerprint density at radius 3 is 2.32 bits per heavy atom. The highest BCUT2D eigenvalue weighted by Crippen LogP contribution is 2.41. The molecular weight excluding hydrogens is 320 g/mol. The van der Waals surface area contributed by atoms with E-state index in [9.17, 15) is 4.79 Å². The molecule has 2 aromatic carbocycles. The SMILES string of the molecule is CCOc1ccc(N2C(=O)[C@H](N)[C@H]2c2ccc(OC)c(OC)c2)cc1. The number of carbonyl (C=O) groups is 1. The Labute approximate surface area is 147 Å². The second kappa shape index (κ2) is 7.03. The molecule has 0 bridgehead atoms. The molecule has 2 N–H and O–H groups in total. The summed E-state index contributed by atoms with van der Waals surface area (Å²) in [4.78, 5) is 14.0. The molecule has 3 rings (SSSR count). The maximum atomic E-state index is 12.3. The predicted octanol–water partition coefficient (Wildman–Crippen LogP) is 2.52. The monoisotopic (exact) mass is 342 g/mol. The van der Waals surface area contributed by atoms with Gasteiger partial charge in [0, 0.05) is 5.69 Å². The molecule has 6 heteroatoms. The van der Waals surface area contributed by atoms with Crippen LogP contribution in [0.2, 0.25) is 0 Å². The van der Waals surface area contributed by atoms with E-state index >= 15 is 0 Å². The van der Waals surface area contributed by atoms with E-state index in [-0.39, 0.29) is 11.9 Å². The average molecular weight is 342 g/mol. The minimum absolute atomic E-state index is 0.107. The van der Waals surface area contributed by atoms with Crippen molar-refractivity contribution in [3.05, 3.63) is 48.0 Å². The molecule has 1 saturated heterocycles. The van der Waals surface area contributed by atoms with Crippen molar-refractivity contribution in [2.24, 2.45) is 5.73 Å². The van der Waals surface area contributed by atoms with Gasteiger partial charge in [0.25, 0.3) is 0 Å². The number of rotatable bonds is 6. The van der Waals surface area contributed by atoms with Crippen LogP contribution in [0.25, 0.3) is 0 Å². The van der Waals surface area contributed by atoms with E-state index in [1.54, 1.807) is 19.1 Å². The number of benzene rings is 2. The van der Waals surface area contributed by atoms with E-state index in [1.807, 2.05) is 49.4 Å². The van der Waals surface area contributed by atoms with Crippen LogP contribution in [0.1, 0.15) is 18.5 Å². The van der Waals surface area contributed by atoms with Gasteiger partial charge >= 0.3 is 0 Å². The molecule has 0 aliphatic carbocycles. The summed E-state index contributed by atoms with van der Waals surface area (Å²) in [5, 5.41) is 0. The summed E-state index contributed by atoms with van der Waals surface area (Å²) >= 11 is 0. The van der Waals surface area contributed by atoms with Crippen molar-refractivity contribution >= 4 is 11.6 Å². The molecule has 132 valence electrons. The Balaban J connectivity index is 1.91. The van der Waals surface area contributed by atoms with Gasteiger partial charge < -0.3 is 24.8 Å². The number of β-lactam (4-membered cyclic amide) rings is 1. The van der Waals surface area contributed by atoms with Crippen LogP contribution in [0.3, 0.4) is 0 Å². The first-order valence-corrected chi connectivity index (χ1v) is 8.14. The third-order valence-electron chi connectivity index (χ3n) is 4.32. The third kappa shape index (κ3) is 3.00. The van der Waals surface area contributed by atoms with Gasteiger partial charge in [-0.2, -0.15) is 0 Å². The number of amides is 1. The molecule has 0 aromatic heterocycles. The zero-order chi connectivity index (χ0) is 18.0. The van der Waals surface area contributed by atoms with Crippen molar-refractivity contribution in [3.8, 4) is 17.2 Å². The van der Waals surface area contributed by atoms with Crippen LogP contribution in [-0.2, 0) is 4.79 Å². The number of nitrogens with zero attached hydrogens (tertiary/aromatic N) is 1. The van der Waals surface area contributed by atoms with Crippen LogP contribution < -0.4 is 24.8 Å². The first-order chi connectivity index (χ1) is 12.1. The molecule has 0 unspecified atom stereocenters. The van der Waals surface area contributed by atoms with Crippen LogP contribution in [0.15, 0.2) is 42.5 Å². The number of hydrogen-bond acceptors (Lipinski definition) is 5. The molecule has 1 heterocycles. The first-order valence-electron chi connectivity index (χ1n) is 8.14. The highest BCUT2D eigenvalue weighted by atomic mass is 16.5. The van der Waals surface area contributed by atoms with Crippen LogP contribution in [0, 0.1) is 0 Å². The number of ether oxygens (including phenoxy) is 3. The standard InChI is InChI=1S/C19H22N2O4/c1-4-25-14-8-6-13(7-9-14)21-18(17(20)19(21)22)12-5-10-15(23-2)16(11-12)24-3/h5-11,17-18H,4,20H2,1-3H3/t17-,18-/m1/s1. The molecule has 0 spiro atoms.